The van der Waals surface area contributed by atoms with Crippen LogP contribution in [0.25, 0.3) is 0 Å². The summed E-state index contributed by atoms with van der Waals surface area (Å²) in [6, 6.07) is 13.7. The van der Waals surface area contributed by atoms with Crippen LogP contribution in [0.4, 0.5) is 11.4 Å². The van der Waals surface area contributed by atoms with Crippen molar-refractivity contribution in [3.8, 4) is 0 Å². The summed E-state index contributed by atoms with van der Waals surface area (Å²) in [5.41, 5.74) is 1.59. The molecule has 0 saturated carbocycles. The number of azo groups is 1. The van der Waals surface area contributed by atoms with Gasteiger partial charge in [-0.1, -0.05) is 23.7 Å². The number of hydrogen-bond donors (Lipinski definition) is 1. The van der Waals surface area contributed by atoms with E-state index >= 15 is 0 Å². The number of nitrogens with zero attached hydrogens (tertiary/aromatic N) is 3. The van der Waals surface area contributed by atoms with Gasteiger partial charge in [0.1, 0.15) is 0 Å². The van der Waals surface area contributed by atoms with Crippen molar-refractivity contribution in [2.45, 2.75) is 0 Å². The van der Waals surface area contributed by atoms with Crippen molar-refractivity contribution in [1.29, 1.82) is 0 Å². The van der Waals surface area contributed by atoms with Gasteiger partial charge in [0, 0.05) is 9.92 Å². The summed E-state index contributed by atoms with van der Waals surface area (Å²) in [5.74, 6) is 0. The summed E-state index contributed by atoms with van der Waals surface area (Å²) in [4.78, 5) is -0.267. The first-order valence-corrected chi connectivity index (χ1v) is 5.79. The van der Waals surface area contributed by atoms with Gasteiger partial charge in [0.15, 0.2) is 0 Å². The van der Waals surface area contributed by atoms with Gasteiger partial charge in [-0.3, -0.25) is 5.21 Å². The van der Waals surface area contributed by atoms with Crippen LogP contribution in [0.15, 0.2) is 58.8 Å². The summed E-state index contributed by atoms with van der Waals surface area (Å²) in [6.45, 7) is 0. The van der Waals surface area contributed by atoms with E-state index in [0.29, 0.717) is 22.0 Å². The van der Waals surface area contributed by atoms with Crippen LogP contribution in [0.5, 0.6) is 0 Å². The predicted octanol–water partition coefficient (Wildman–Crippen LogP) is 4.07. The maximum absolute atomic E-state index is 10.6. The number of halogens is 1. The lowest BCUT2D eigenvalue weighted by atomic mass is 10.2. The molecule has 2 aromatic carbocycles. The lowest BCUT2D eigenvalue weighted by Crippen LogP contribution is -1.98. The highest BCUT2D eigenvalue weighted by atomic mass is 35.5. The molecular formula is C13H10ClN3O2. The lowest BCUT2D eigenvalue weighted by Gasteiger charge is -1.97. The molecule has 0 amide bonds. The molecule has 19 heavy (non-hydrogen) atoms. The third kappa shape index (κ3) is 3.79. The van der Waals surface area contributed by atoms with Crippen molar-refractivity contribution in [2.24, 2.45) is 10.2 Å². The predicted molar refractivity (Wildman–Crippen MR) is 72.6 cm³/mol. The van der Waals surface area contributed by atoms with E-state index in [1.807, 2.05) is 0 Å². The van der Waals surface area contributed by atoms with E-state index in [1.165, 1.54) is 0 Å². The van der Waals surface area contributed by atoms with Gasteiger partial charge in [-0.05, 0) is 36.4 Å². The highest BCUT2D eigenvalue weighted by Gasteiger charge is 2.02. The second kappa shape index (κ2) is 5.97. The lowest BCUT2D eigenvalue weighted by molar-refractivity contribution is -0.722. The van der Waals surface area contributed by atoms with Crippen molar-refractivity contribution in [3.05, 3.63) is 64.3 Å². The third-order valence-electron chi connectivity index (χ3n) is 2.29. The number of hydrogen-bond acceptors (Lipinski definition) is 4. The fourth-order valence-corrected chi connectivity index (χ4v) is 1.55. The van der Waals surface area contributed by atoms with E-state index in [9.17, 15) is 5.21 Å². The Morgan fingerprint density at radius 2 is 1.74 bits per heavy atom. The fraction of sp³-hybridized carbons (Fsp3) is 0. The van der Waals surface area contributed by atoms with Gasteiger partial charge in [0.25, 0.3) is 0 Å². The fourth-order valence-electron chi connectivity index (χ4n) is 1.43. The maximum Gasteiger partial charge on any atom is 0.242 e. The highest BCUT2D eigenvalue weighted by Crippen LogP contribution is 2.22. The Kier molecular flexibility index (Phi) is 4.10. The Labute approximate surface area is 114 Å². The monoisotopic (exact) mass is 275 g/mol. The molecule has 0 heterocycles. The SMILES string of the molecule is [O-]/[N+](O)=C/c1ccccc1/N=N/c1ccc(Cl)cc1. The summed E-state index contributed by atoms with van der Waals surface area (Å²) >= 11 is 5.77. The number of rotatable bonds is 3. The van der Waals surface area contributed by atoms with E-state index in [-0.39, 0.29) is 4.90 Å². The van der Waals surface area contributed by atoms with Gasteiger partial charge in [-0.15, -0.1) is 5.11 Å². The van der Waals surface area contributed by atoms with Crippen LogP contribution < -0.4 is 0 Å². The molecule has 0 bridgehead atoms. The Morgan fingerprint density at radius 1 is 1.05 bits per heavy atom. The molecule has 0 spiro atoms. The van der Waals surface area contributed by atoms with Gasteiger partial charge >= 0.3 is 0 Å². The zero-order valence-electron chi connectivity index (χ0n) is 9.77. The maximum atomic E-state index is 10.6. The smallest absolute Gasteiger partial charge is 0.242 e. The van der Waals surface area contributed by atoms with Gasteiger partial charge < -0.3 is 5.21 Å². The van der Waals surface area contributed by atoms with Crippen LogP contribution in [0.1, 0.15) is 5.56 Å². The van der Waals surface area contributed by atoms with Crippen molar-refractivity contribution >= 4 is 29.2 Å². The molecule has 0 fully saturated rings. The molecule has 0 atom stereocenters. The van der Waals surface area contributed by atoms with Crippen molar-refractivity contribution < 1.29 is 10.1 Å². The third-order valence-corrected chi connectivity index (χ3v) is 2.54. The first kappa shape index (κ1) is 13.0. The average molecular weight is 276 g/mol. The van der Waals surface area contributed by atoms with Crippen molar-refractivity contribution in [2.75, 3.05) is 0 Å². The first-order valence-electron chi connectivity index (χ1n) is 5.41. The Balaban J connectivity index is 2.28. The van der Waals surface area contributed by atoms with Crippen LogP contribution in [0.3, 0.4) is 0 Å². The molecule has 0 aliphatic carbocycles. The molecular weight excluding hydrogens is 266 g/mol. The Bertz CT molecular complexity index is 620. The van der Waals surface area contributed by atoms with Gasteiger partial charge in [0.2, 0.25) is 6.21 Å². The minimum atomic E-state index is -0.267. The van der Waals surface area contributed by atoms with Crippen LogP contribution in [-0.4, -0.2) is 16.3 Å². The molecule has 1 N–H and O–H groups in total. The van der Waals surface area contributed by atoms with Gasteiger partial charge in [0.05, 0.1) is 16.9 Å². The van der Waals surface area contributed by atoms with Gasteiger partial charge in [-0.2, -0.15) is 5.11 Å². The second-order valence-electron chi connectivity index (χ2n) is 3.67. The average Bonchev–Trinajstić information content (AvgIpc) is 2.39. The molecule has 2 aromatic rings. The summed E-state index contributed by atoms with van der Waals surface area (Å²) in [7, 11) is 0. The van der Waals surface area contributed by atoms with E-state index in [0.717, 1.165) is 6.21 Å². The molecule has 0 unspecified atom stereocenters. The van der Waals surface area contributed by atoms with E-state index in [1.54, 1.807) is 48.5 Å². The van der Waals surface area contributed by atoms with Crippen LogP contribution in [-0.2, 0) is 0 Å². The molecule has 0 aliphatic rings. The van der Waals surface area contributed by atoms with E-state index in [4.69, 9.17) is 16.8 Å². The molecule has 2 rings (SSSR count). The zero-order chi connectivity index (χ0) is 13.7. The molecule has 6 heteroatoms. The minimum Gasteiger partial charge on any atom is -0.418 e. The normalized spacial score (nSPS) is 11.9. The highest BCUT2D eigenvalue weighted by molar-refractivity contribution is 6.30. The molecule has 5 nitrogen and oxygen atoms in total. The summed E-state index contributed by atoms with van der Waals surface area (Å²) < 4.78 is 0. The first-order chi connectivity index (χ1) is 9.15. The molecule has 0 aromatic heterocycles. The Morgan fingerprint density at radius 3 is 2.42 bits per heavy atom. The summed E-state index contributed by atoms with van der Waals surface area (Å²) in [5, 5.41) is 28.0. The van der Waals surface area contributed by atoms with Gasteiger partial charge in [-0.25, -0.2) is 0 Å². The van der Waals surface area contributed by atoms with Crippen LogP contribution in [0.2, 0.25) is 5.02 Å². The molecule has 0 aliphatic heterocycles. The molecule has 0 saturated heterocycles. The van der Waals surface area contributed by atoms with Crippen LogP contribution in [0, 0.1) is 5.21 Å². The van der Waals surface area contributed by atoms with Crippen molar-refractivity contribution in [1.82, 2.24) is 0 Å². The Hall–Kier alpha value is -2.40. The van der Waals surface area contributed by atoms with E-state index in [2.05, 4.69) is 10.2 Å². The quantitative estimate of drug-likeness (QED) is 0.301. The number of benzene rings is 2. The largest absolute Gasteiger partial charge is 0.418 e. The molecule has 96 valence electrons. The van der Waals surface area contributed by atoms with Crippen LogP contribution >= 0.6 is 11.6 Å². The minimum absolute atomic E-state index is 0.267. The standard InChI is InChI=1S/C13H10ClN3O2/c14-11-5-7-12(8-6-11)15-16-13-4-2-1-3-10(13)9-17(18)19/h1-9H,(H,18,19)/b16-15+. The van der Waals surface area contributed by atoms with E-state index < -0.39 is 0 Å². The van der Waals surface area contributed by atoms with Crippen molar-refractivity contribution in [3.63, 3.8) is 0 Å². The summed E-state index contributed by atoms with van der Waals surface area (Å²) in [6.07, 6.45) is 1.01. The second-order valence-corrected chi connectivity index (χ2v) is 4.10. The topological polar surface area (TPSA) is 71.0 Å². The zero-order valence-corrected chi connectivity index (χ0v) is 10.5. The molecule has 0 radical (unpaired) electrons.